The molecule has 2 amide bonds. The van der Waals surface area contributed by atoms with Crippen LogP contribution in [-0.4, -0.2) is 64.3 Å². The van der Waals surface area contributed by atoms with E-state index in [4.69, 9.17) is 18.9 Å². The number of carbonyl (C=O) groups is 4. The fourth-order valence-corrected chi connectivity index (χ4v) is 2.80. The van der Waals surface area contributed by atoms with Gasteiger partial charge in [-0.05, 0) is 24.3 Å². The molecule has 0 fully saturated rings. The fraction of sp³-hybridized carbons (Fsp3) is 0.231. The minimum Gasteiger partial charge on any atom is -0.496 e. The number of hydrogen-bond acceptors (Lipinski definition) is 8. The molecule has 2 rings (SSSR count). The van der Waals surface area contributed by atoms with Crippen molar-refractivity contribution in [3.8, 4) is 11.5 Å². The Labute approximate surface area is 208 Å². The molecule has 0 aromatic heterocycles. The zero-order valence-electron chi connectivity index (χ0n) is 20.0. The van der Waals surface area contributed by atoms with Crippen LogP contribution in [0.1, 0.15) is 11.1 Å². The van der Waals surface area contributed by atoms with Crippen LogP contribution in [0, 0.1) is 0 Å². The van der Waals surface area contributed by atoms with Gasteiger partial charge in [0.1, 0.15) is 11.5 Å². The number of carbonyl (C=O) groups excluding carboxylic acids is 4. The molecule has 2 aromatic carbocycles. The lowest BCUT2D eigenvalue weighted by Gasteiger charge is -2.07. The van der Waals surface area contributed by atoms with Gasteiger partial charge in [0.25, 0.3) is 11.8 Å². The van der Waals surface area contributed by atoms with E-state index in [0.29, 0.717) is 22.6 Å². The van der Waals surface area contributed by atoms with Crippen molar-refractivity contribution in [3.05, 3.63) is 71.8 Å². The van der Waals surface area contributed by atoms with E-state index in [1.54, 1.807) is 48.5 Å². The molecule has 10 heteroatoms. The van der Waals surface area contributed by atoms with Gasteiger partial charge in [-0.15, -0.1) is 0 Å². The van der Waals surface area contributed by atoms with Gasteiger partial charge in [-0.25, -0.2) is 9.59 Å². The van der Waals surface area contributed by atoms with Crippen LogP contribution in [0.15, 0.2) is 60.7 Å². The van der Waals surface area contributed by atoms with Gasteiger partial charge in [0, 0.05) is 36.4 Å². The Balaban J connectivity index is 1.59. The largest absolute Gasteiger partial charge is 0.496 e. The first kappa shape index (κ1) is 27.6. The predicted molar refractivity (Wildman–Crippen MR) is 132 cm³/mol. The summed E-state index contributed by atoms with van der Waals surface area (Å²) in [6, 6.07) is 14.2. The molecule has 190 valence electrons. The highest BCUT2D eigenvalue weighted by Gasteiger charge is 2.08. The van der Waals surface area contributed by atoms with Crippen LogP contribution in [0.25, 0.3) is 12.2 Å². The van der Waals surface area contributed by atoms with Gasteiger partial charge in [0.05, 0.1) is 14.2 Å². The molecule has 0 spiro atoms. The van der Waals surface area contributed by atoms with Crippen molar-refractivity contribution in [2.75, 3.05) is 40.5 Å². The molecular weight excluding hydrogens is 468 g/mol. The van der Waals surface area contributed by atoms with E-state index in [2.05, 4.69) is 10.6 Å². The molecule has 36 heavy (non-hydrogen) atoms. The van der Waals surface area contributed by atoms with Crippen molar-refractivity contribution >= 4 is 35.9 Å². The molecular formula is C26H28N2O8. The number of para-hydroxylation sites is 2. The molecule has 0 unspecified atom stereocenters. The quantitative estimate of drug-likeness (QED) is 0.244. The Hall–Kier alpha value is -4.60. The summed E-state index contributed by atoms with van der Waals surface area (Å²) < 4.78 is 20.1. The topological polar surface area (TPSA) is 129 Å². The first-order chi connectivity index (χ1) is 17.4. The minimum atomic E-state index is -0.689. The number of hydrogen-bond donors (Lipinski definition) is 2. The minimum absolute atomic E-state index is 0.0980. The van der Waals surface area contributed by atoms with E-state index in [1.807, 2.05) is 0 Å². The molecule has 0 aliphatic heterocycles. The van der Waals surface area contributed by atoms with Crippen molar-refractivity contribution in [1.82, 2.24) is 10.6 Å². The summed E-state index contributed by atoms with van der Waals surface area (Å²) in [4.78, 5) is 47.1. The molecule has 0 bridgehead atoms. The molecule has 0 saturated heterocycles. The summed E-state index contributed by atoms with van der Waals surface area (Å²) in [6.45, 7) is -0.750. The summed E-state index contributed by atoms with van der Waals surface area (Å²) in [5.41, 5.74) is 1.38. The number of nitrogens with one attached hydrogen (secondary N) is 2. The second-order valence-corrected chi connectivity index (χ2v) is 7.07. The van der Waals surface area contributed by atoms with Gasteiger partial charge in [0.2, 0.25) is 0 Å². The van der Waals surface area contributed by atoms with E-state index in [9.17, 15) is 19.2 Å². The van der Waals surface area contributed by atoms with Crippen LogP contribution in [0.5, 0.6) is 11.5 Å². The van der Waals surface area contributed by atoms with Gasteiger partial charge in [-0.1, -0.05) is 36.4 Å². The summed E-state index contributed by atoms with van der Waals surface area (Å²) in [5.74, 6) is -1.25. The van der Waals surface area contributed by atoms with Crippen LogP contribution in [0.4, 0.5) is 0 Å². The third-order valence-corrected chi connectivity index (χ3v) is 4.54. The molecule has 2 N–H and O–H groups in total. The highest BCUT2D eigenvalue weighted by molar-refractivity contribution is 5.90. The fourth-order valence-electron chi connectivity index (χ4n) is 2.80. The Kier molecular flexibility index (Phi) is 11.8. The van der Waals surface area contributed by atoms with Gasteiger partial charge in [0.15, 0.2) is 13.2 Å². The molecule has 0 saturated carbocycles. The summed E-state index contributed by atoms with van der Waals surface area (Å²) in [7, 11) is 3.04. The summed E-state index contributed by atoms with van der Waals surface area (Å²) in [5, 5.41) is 4.99. The smallest absolute Gasteiger partial charge is 0.331 e. The summed E-state index contributed by atoms with van der Waals surface area (Å²) in [6.07, 6.45) is 5.43. The first-order valence-corrected chi connectivity index (χ1v) is 10.9. The highest BCUT2D eigenvalue weighted by atomic mass is 16.5. The highest BCUT2D eigenvalue weighted by Crippen LogP contribution is 2.19. The third-order valence-electron chi connectivity index (χ3n) is 4.54. The van der Waals surface area contributed by atoms with Gasteiger partial charge in [-0.2, -0.15) is 0 Å². The van der Waals surface area contributed by atoms with E-state index in [1.165, 1.54) is 38.5 Å². The first-order valence-electron chi connectivity index (χ1n) is 10.9. The Bertz CT molecular complexity index is 1020. The Morgan fingerprint density at radius 2 is 1.06 bits per heavy atom. The number of methoxy groups -OCH3 is 2. The predicted octanol–water partition coefficient (Wildman–Crippen LogP) is 1.75. The standard InChI is InChI=1S/C26H28N2O8/c1-33-21-9-5-3-7-19(21)11-13-25(31)35-17-23(29)27-15-16-28-24(30)18-36-26(32)14-12-20-8-4-6-10-22(20)34-2/h3-14H,15-18H2,1-2H3,(H,27,29)(H,28,30)/b13-11+,14-12+. The summed E-state index contributed by atoms with van der Waals surface area (Å²) >= 11 is 0. The van der Waals surface area contributed by atoms with E-state index < -0.39 is 37.0 Å². The molecule has 0 atom stereocenters. The van der Waals surface area contributed by atoms with Crippen molar-refractivity contribution in [3.63, 3.8) is 0 Å². The van der Waals surface area contributed by atoms with Crippen molar-refractivity contribution in [2.24, 2.45) is 0 Å². The molecule has 2 aromatic rings. The maximum atomic E-state index is 11.8. The molecule has 0 aliphatic rings. The lowest BCUT2D eigenvalue weighted by atomic mass is 10.2. The van der Waals surface area contributed by atoms with Crippen molar-refractivity contribution in [2.45, 2.75) is 0 Å². The maximum absolute atomic E-state index is 11.8. The number of benzene rings is 2. The second-order valence-electron chi connectivity index (χ2n) is 7.07. The zero-order valence-corrected chi connectivity index (χ0v) is 20.0. The average molecular weight is 497 g/mol. The monoisotopic (exact) mass is 496 g/mol. The molecule has 10 nitrogen and oxygen atoms in total. The van der Waals surface area contributed by atoms with Gasteiger partial charge < -0.3 is 29.6 Å². The number of amides is 2. The Morgan fingerprint density at radius 3 is 1.44 bits per heavy atom. The Morgan fingerprint density at radius 1 is 0.667 bits per heavy atom. The SMILES string of the molecule is COc1ccccc1/C=C/C(=O)OCC(=O)NCCNC(=O)COC(=O)/C=C/c1ccccc1OC. The number of esters is 2. The van der Waals surface area contributed by atoms with E-state index in [0.717, 1.165) is 0 Å². The lowest BCUT2D eigenvalue weighted by Crippen LogP contribution is -2.38. The van der Waals surface area contributed by atoms with E-state index in [-0.39, 0.29) is 13.1 Å². The average Bonchev–Trinajstić information content (AvgIpc) is 2.90. The molecule has 0 aliphatic carbocycles. The lowest BCUT2D eigenvalue weighted by molar-refractivity contribution is -0.144. The maximum Gasteiger partial charge on any atom is 0.331 e. The molecule has 0 radical (unpaired) electrons. The van der Waals surface area contributed by atoms with Gasteiger partial charge in [-0.3, -0.25) is 9.59 Å². The van der Waals surface area contributed by atoms with Crippen LogP contribution in [0.3, 0.4) is 0 Å². The molecule has 0 heterocycles. The third kappa shape index (κ3) is 10.1. The van der Waals surface area contributed by atoms with Crippen LogP contribution in [0.2, 0.25) is 0 Å². The second kappa shape index (κ2) is 15.3. The van der Waals surface area contributed by atoms with Crippen LogP contribution in [-0.2, 0) is 28.7 Å². The van der Waals surface area contributed by atoms with E-state index >= 15 is 0 Å². The van der Waals surface area contributed by atoms with Crippen LogP contribution >= 0.6 is 0 Å². The number of rotatable bonds is 13. The normalized spacial score (nSPS) is 10.6. The number of ether oxygens (including phenoxy) is 4. The van der Waals surface area contributed by atoms with Gasteiger partial charge >= 0.3 is 11.9 Å². The van der Waals surface area contributed by atoms with Crippen molar-refractivity contribution < 1.29 is 38.1 Å². The van der Waals surface area contributed by atoms with Crippen LogP contribution < -0.4 is 20.1 Å². The zero-order chi connectivity index (χ0) is 26.2. The van der Waals surface area contributed by atoms with Crippen molar-refractivity contribution in [1.29, 1.82) is 0 Å².